The van der Waals surface area contributed by atoms with Crippen molar-refractivity contribution in [3.8, 4) is 17.0 Å². The Hall–Kier alpha value is -1.48. The minimum atomic E-state index is 0.340. The highest BCUT2D eigenvalue weighted by Crippen LogP contribution is 2.32. The van der Waals surface area contributed by atoms with Gasteiger partial charge in [0.05, 0.1) is 0 Å². The fourth-order valence-corrected chi connectivity index (χ4v) is 4.05. The van der Waals surface area contributed by atoms with Crippen LogP contribution in [0, 0.1) is 0 Å². The molecule has 2 nitrogen and oxygen atoms in total. The van der Waals surface area contributed by atoms with Gasteiger partial charge in [-0.15, -0.1) is 11.8 Å². The number of hydrogen-bond donors (Lipinski definition) is 0. The largest absolute Gasteiger partial charge is 0.474 e. The van der Waals surface area contributed by atoms with E-state index in [2.05, 4.69) is 42.2 Å². The van der Waals surface area contributed by atoms with E-state index in [4.69, 9.17) is 4.74 Å². The van der Waals surface area contributed by atoms with Gasteiger partial charge in [-0.1, -0.05) is 31.9 Å². The second kappa shape index (κ2) is 9.12. The molecule has 0 bridgehead atoms. The second-order valence-corrected chi connectivity index (χ2v) is 7.63. The monoisotopic (exact) mass is 341 g/mol. The summed E-state index contributed by atoms with van der Waals surface area (Å²) < 4.78 is 6.17. The summed E-state index contributed by atoms with van der Waals surface area (Å²) in [4.78, 5) is 5.83. The molecular weight excluding hydrogens is 314 g/mol. The zero-order valence-electron chi connectivity index (χ0n) is 14.5. The minimum Gasteiger partial charge on any atom is -0.474 e. The first-order valence-electron chi connectivity index (χ1n) is 9.21. The van der Waals surface area contributed by atoms with Crippen LogP contribution in [0.3, 0.4) is 0 Å². The fourth-order valence-electron chi connectivity index (χ4n) is 3.14. The quantitative estimate of drug-likeness (QED) is 0.412. The standard InChI is InChI=1S/C21H27NOS/c1-2-3-6-16-24-19-13-11-17(12-14-19)20-10-7-15-22-21(20)23-18-8-4-5-9-18/h7,10-15,18H,2-6,8-9,16H2,1H3. The van der Waals surface area contributed by atoms with Crippen molar-refractivity contribution in [3.63, 3.8) is 0 Å². The molecule has 0 aliphatic heterocycles. The molecule has 1 aromatic carbocycles. The molecule has 1 heterocycles. The highest BCUT2D eigenvalue weighted by molar-refractivity contribution is 7.99. The highest BCUT2D eigenvalue weighted by Gasteiger charge is 2.19. The van der Waals surface area contributed by atoms with Crippen LogP contribution in [-0.4, -0.2) is 16.8 Å². The minimum absolute atomic E-state index is 0.340. The van der Waals surface area contributed by atoms with E-state index < -0.39 is 0 Å². The summed E-state index contributed by atoms with van der Waals surface area (Å²) in [5.74, 6) is 1.99. The summed E-state index contributed by atoms with van der Waals surface area (Å²) in [7, 11) is 0. The zero-order valence-corrected chi connectivity index (χ0v) is 15.4. The molecule has 3 heteroatoms. The van der Waals surface area contributed by atoms with Crippen LogP contribution in [-0.2, 0) is 0 Å². The number of rotatable bonds is 8. The van der Waals surface area contributed by atoms with Crippen molar-refractivity contribution in [2.24, 2.45) is 0 Å². The number of ether oxygens (including phenoxy) is 1. The van der Waals surface area contributed by atoms with Crippen molar-refractivity contribution in [1.29, 1.82) is 0 Å². The lowest BCUT2D eigenvalue weighted by atomic mass is 10.1. The van der Waals surface area contributed by atoms with E-state index in [9.17, 15) is 0 Å². The van der Waals surface area contributed by atoms with Crippen LogP contribution in [0.1, 0.15) is 51.9 Å². The summed E-state index contributed by atoms with van der Waals surface area (Å²) in [6, 6.07) is 12.9. The molecular formula is C21H27NOS. The maximum absolute atomic E-state index is 6.17. The molecule has 3 rings (SSSR count). The summed E-state index contributed by atoms with van der Waals surface area (Å²) in [5.41, 5.74) is 2.29. The molecule has 0 radical (unpaired) electrons. The van der Waals surface area contributed by atoms with Crippen LogP contribution >= 0.6 is 11.8 Å². The summed E-state index contributed by atoms with van der Waals surface area (Å²) in [5, 5.41) is 0. The summed E-state index contributed by atoms with van der Waals surface area (Å²) in [6.07, 6.45) is 10.9. The first-order valence-corrected chi connectivity index (χ1v) is 10.2. The van der Waals surface area contributed by atoms with Gasteiger partial charge in [0, 0.05) is 16.7 Å². The van der Waals surface area contributed by atoms with E-state index in [0.717, 1.165) is 24.3 Å². The van der Waals surface area contributed by atoms with Gasteiger partial charge < -0.3 is 4.74 Å². The number of aromatic nitrogens is 1. The topological polar surface area (TPSA) is 22.1 Å². The van der Waals surface area contributed by atoms with E-state index in [1.165, 1.54) is 48.3 Å². The Morgan fingerprint density at radius 3 is 2.62 bits per heavy atom. The summed E-state index contributed by atoms with van der Waals surface area (Å²) in [6.45, 7) is 2.25. The SMILES string of the molecule is CCCCCSc1ccc(-c2cccnc2OC2CCCC2)cc1. The molecule has 1 saturated carbocycles. The third-order valence-electron chi connectivity index (χ3n) is 4.53. The van der Waals surface area contributed by atoms with Crippen molar-refractivity contribution < 1.29 is 4.74 Å². The Morgan fingerprint density at radius 1 is 1.08 bits per heavy atom. The molecule has 0 atom stereocenters. The van der Waals surface area contributed by atoms with Crippen molar-refractivity contribution in [3.05, 3.63) is 42.6 Å². The average Bonchev–Trinajstić information content (AvgIpc) is 3.13. The highest BCUT2D eigenvalue weighted by atomic mass is 32.2. The maximum atomic E-state index is 6.17. The molecule has 0 unspecified atom stereocenters. The van der Waals surface area contributed by atoms with Gasteiger partial charge in [-0.05, 0) is 67.7 Å². The van der Waals surface area contributed by atoms with Gasteiger partial charge in [-0.25, -0.2) is 4.98 Å². The number of hydrogen-bond acceptors (Lipinski definition) is 3. The second-order valence-electron chi connectivity index (χ2n) is 6.46. The lowest BCUT2D eigenvalue weighted by Gasteiger charge is -2.15. The lowest BCUT2D eigenvalue weighted by Crippen LogP contribution is -2.12. The van der Waals surface area contributed by atoms with E-state index in [0.29, 0.717) is 6.10 Å². The Kier molecular flexibility index (Phi) is 6.59. The third-order valence-corrected chi connectivity index (χ3v) is 5.63. The van der Waals surface area contributed by atoms with E-state index in [-0.39, 0.29) is 0 Å². The van der Waals surface area contributed by atoms with Gasteiger partial charge >= 0.3 is 0 Å². The molecule has 0 amide bonds. The van der Waals surface area contributed by atoms with Gasteiger partial charge in [0.2, 0.25) is 5.88 Å². The Labute approximate surface area is 150 Å². The number of unbranched alkanes of at least 4 members (excludes halogenated alkanes) is 2. The van der Waals surface area contributed by atoms with Gasteiger partial charge in [0.1, 0.15) is 6.10 Å². The number of thioether (sulfide) groups is 1. The molecule has 2 aromatic rings. The molecule has 128 valence electrons. The first kappa shape index (κ1) is 17.3. The van der Waals surface area contributed by atoms with Crippen LogP contribution in [0.2, 0.25) is 0 Å². The Balaban J connectivity index is 1.67. The molecule has 24 heavy (non-hydrogen) atoms. The fraction of sp³-hybridized carbons (Fsp3) is 0.476. The van der Waals surface area contributed by atoms with Gasteiger partial charge in [0.25, 0.3) is 0 Å². The zero-order chi connectivity index (χ0) is 16.6. The van der Waals surface area contributed by atoms with E-state index in [1.54, 1.807) is 0 Å². The number of pyridine rings is 1. The maximum Gasteiger partial charge on any atom is 0.221 e. The van der Waals surface area contributed by atoms with Crippen molar-refractivity contribution in [1.82, 2.24) is 4.98 Å². The van der Waals surface area contributed by atoms with Gasteiger partial charge in [-0.2, -0.15) is 0 Å². The normalized spacial score (nSPS) is 14.9. The van der Waals surface area contributed by atoms with Crippen molar-refractivity contribution >= 4 is 11.8 Å². The predicted molar refractivity (Wildman–Crippen MR) is 103 cm³/mol. The summed E-state index contributed by atoms with van der Waals surface area (Å²) >= 11 is 1.95. The first-order chi connectivity index (χ1) is 11.9. The molecule has 0 spiro atoms. The Morgan fingerprint density at radius 2 is 1.88 bits per heavy atom. The Bertz CT molecular complexity index is 620. The number of nitrogens with zero attached hydrogens (tertiary/aromatic N) is 1. The van der Waals surface area contributed by atoms with Gasteiger partial charge in [0.15, 0.2) is 0 Å². The van der Waals surface area contributed by atoms with Crippen molar-refractivity contribution in [2.75, 3.05) is 5.75 Å². The number of benzene rings is 1. The van der Waals surface area contributed by atoms with Crippen LogP contribution in [0.25, 0.3) is 11.1 Å². The smallest absolute Gasteiger partial charge is 0.221 e. The average molecular weight is 342 g/mol. The molecule has 1 aliphatic carbocycles. The molecule has 1 fully saturated rings. The van der Waals surface area contributed by atoms with Crippen LogP contribution in [0.5, 0.6) is 5.88 Å². The third kappa shape index (κ3) is 4.76. The van der Waals surface area contributed by atoms with Gasteiger partial charge in [-0.3, -0.25) is 0 Å². The van der Waals surface area contributed by atoms with E-state index >= 15 is 0 Å². The molecule has 0 saturated heterocycles. The predicted octanol–water partition coefficient (Wildman–Crippen LogP) is 6.35. The molecule has 0 N–H and O–H groups in total. The van der Waals surface area contributed by atoms with Crippen LogP contribution in [0.15, 0.2) is 47.5 Å². The lowest BCUT2D eigenvalue weighted by molar-refractivity contribution is 0.202. The van der Waals surface area contributed by atoms with Crippen molar-refractivity contribution in [2.45, 2.75) is 62.9 Å². The molecule has 1 aromatic heterocycles. The molecule has 1 aliphatic rings. The van der Waals surface area contributed by atoms with Crippen LogP contribution in [0.4, 0.5) is 0 Å². The van der Waals surface area contributed by atoms with E-state index in [1.807, 2.05) is 24.0 Å². The van der Waals surface area contributed by atoms with Crippen LogP contribution < -0.4 is 4.74 Å².